The number of hydrogen-bond donors (Lipinski definition) is 0. The molecular weight excluding hydrogens is 364 g/mol. The predicted octanol–water partition coefficient (Wildman–Crippen LogP) is 2.62. The Morgan fingerprint density at radius 3 is 1.44 bits per heavy atom. The molecule has 0 saturated carbocycles. The number of carbonyl (C=O) groups is 3. The van der Waals surface area contributed by atoms with Gasteiger partial charge in [-0.2, -0.15) is 23.5 Å². The van der Waals surface area contributed by atoms with E-state index < -0.39 is 36.2 Å². The molecule has 0 heterocycles. The second kappa shape index (κ2) is 13.8. The highest BCUT2D eigenvalue weighted by Crippen LogP contribution is 2.21. The summed E-state index contributed by atoms with van der Waals surface area (Å²) in [5.41, 5.74) is 0. The van der Waals surface area contributed by atoms with Crippen molar-refractivity contribution in [3.8, 4) is 0 Å². The summed E-state index contributed by atoms with van der Waals surface area (Å²) in [6, 6.07) is 0. The van der Waals surface area contributed by atoms with E-state index in [-0.39, 0.29) is 0 Å². The van der Waals surface area contributed by atoms with Gasteiger partial charge in [0.25, 0.3) is 0 Å². The van der Waals surface area contributed by atoms with Crippen molar-refractivity contribution < 1.29 is 28.6 Å². The molecule has 0 bridgehead atoms. The minimum atomic E-state index is -0.889. The SMILES string of the molecule is C=CCSC[C@H](OC(C)=O)C(OC(C)=O)[C@@H](CSCC=C)OC(C)=O. The Bertz CT molecular complexity index is 432. The molecule has 6 nitrogen and oxygen atoms in total. The molecule has 8 heteroatoms. The first-order valence-electron chi connectivity index (χ1n) is 7.70. The van der Waals surface area contributed by atoms with Crippen LogP contribution in [0.15, 0.2) is 25.3 Å². The van der Waals surface area contributed by atoms with E-state index in [1.165, 1.54) is 44.3 Å². The number of hydrogen-bond acceptors (Lipinski definition) is 8. The van der Waals surface area contributed by atoms with Crippen LogP contribution in [0.1, 0.15) is 20.8 Å². The highest BCUT2D eigenvalue weighted by molar-refractivity contribution is 7.99. The smallest absolute Gasteiger partial charge is 0.303 e. The van der Waals surface area contributed by atoms with Crippen LogP contribution in [-0.4, -0.2) is 59.2 Å². The fraction of sp³-hybridized carbons (Fsp3) is 0.588. The van der Waals surface area contributed by atoms with Gasteiger partial charge in [-0.05, 0) is 0 Å². The van der Waals surface area contributed by atoms with Crippen LogP contribution >= 0.6 is 23.5 Å². The van der Waals surface area contributed by atoms with Crippen LogP contribution in [0.2, 0.25) is 0 Å². The molecule has 0 aliphatic carbocycles. The van der Waals surface area contributed by atoms with E-state index in [1.807, 2.05) is 0 Å². The summed E-state index contributed by atoms with van der Waals surface area (Å²) in [4.78, 5) is 34.5. The summed E-state index contributed by atoms with van der Waals surface area (Å²) in [7, 11) is 0. The second-order valence-electron chi connectivity index (χ2n) is 5.02. The third kappa shape index (κ3) is 11.7. The lowest BCUT2D eigenvalue weighted by molar-refractivity contribution is -0.178. The van der Waals surface area contributed by atoms with Crippen molar-refractivity contribution in [2.24, 2.45) is 0 Å². The standard InChI is InChI=1S/C17H26O6S2/c1-6-8-24-10-15(21-12(3)18)17(23-14(5)20)16(22-13(4)19)11-25-9-7-2/h6-7,15-17H,1-2,8-11H2,3-5H3/t15-,16+,17?. The number of ether oxygens (including phenoxy) is 3. The van der Waals surface area contributed by atoms with Crippen molar-refractivity contribution >= 4 is 41.4 Å². The van der Waals surface area contributed by atoms with Crippen LogP contribution in [0.25, 0.3) is 0 Å². The molecule has 0 aromatic heterocycles. The summed E-state index contributed by atoms with van der Waals surface area (Å²) in [5, 5.41) is 0. The van der Waals surface area contributed by atoms with Crippen LogP contribution in [-0.2, 0) is 28.6 Å². The summed E-state index contributed by atoms with van der Waals surface area (Å²) >= 11 is 2.95. The van der Waals surface area contributed by atoms with Gasteiger partial charge in [-0.15, -0.1) is 13.2 Å². The van der Waals surface area contributed by atoms with Gasteiger partial charge in [-0.25, -0.2) is 0 Å². The molecule has 25 heavy (non-hydrogen) atoms. The maximum atomic E-state index is 11.5. The van der Waals surface area contributed by atoms with E-state index in [0.717, 1.165) is 0 Å². The zero-order valence-corrected chi connectivity index (χ0v) is 16.5. The summed E-state index contributed by atoms with van der Waals surface area (Å²) in [6.07, 6.45) is 1.08. The highest BCUT2D eigenvalue weighted by Gasteiger charge is 2.36. The van der Waals surface area contributed by atoms with E-state index in [9.17, 15) is 14.4 Å². The van der Waals surface area contributed by atoms with Gasteiger partial charge in [0.1, 0.15) is 0 Å². The maximum Gasteiger partial charge on any atom is 0.303 e. The highest BCUT2D eigenvalue weighted by atomic mass is 32.2. The fourth-order valence-electron chi connectivity index (χ4n) is 1.94. The number of esters is 3. The van der Waals surface area contributed by atoms with Gasteiger partial charge < -0.3 is 14.2 Å². The number of thioether (sulfide) groups is 2. The monoisotopic (exact) mass is 390 g/mol. The molecule has 1 unspecified atom stereocenters. The van der Waals surface area contributed by atoms with Crippen LogP contribution in [0.4, 0.5) is 0 Å². The quantitative estimate of drug-likeness (QED) is 0.205. The topological polar surface area (TPSA) is 78.9 Å². The lowest BCUT2D eigenvalue weighted by Crippen LogP contribution is -2.47. The molecule has 0 amide bonds. The minimum Gasteiger partial charge on any atom is -0.458 e. The fourth-order valence-corrected chi connectivity index (χ4v) is 3.52. The van der Waals surface area contributed by atoms with Crippen molar-refractivity contribution in [1.29, 1.82) is 0 Å². The van der Waals surface area contributed by atoms with Gasteiger partial charge in [0.05, 0.1) is 0 Å². The zero-order chi connectivity index (χ0) is 19.2. The largest absolute Gasteiger partial charge is 0.458 e. The van der Waals surface area contributed by atoms with Gasteiger partial charge in [-0.1, -0.05) is 12.2 Å². The number of rotatable bonds is 13. The van der Waals surface area contributed by atoms with E-state index in [0.29, 0.717) is 23.0 Å². The van der Waals surface area contributed by atoms with Gasteiger partial charge in [0.2, 0.25) is 0 Å². The molecule has 0 spiro atoms. The van der Waals surface area contributed by atoms with Crippen molar-refractivity contribution in [3.05, 3.63) is 25.3 Å². The average molecular weight is 391 g/mol. The zero-order valence-electron chi connectivity index (χ0n) is 14.9. The van der Waals surface area contributed by atoms with E-state index in [4.69, 9.17) is 14.2 Å². The first-order chi connectivity index (χ1) is 11.8. The van der Waals surface area contributed by atoms with E-state index >= 15 is 0 Å². The Hall–Kier alpha value is -1.41. The summed E-state index contributed by atoms with van der Waals surface area (Å²) in [6.45, 7) is 11.1. The average Bonchev–Trinajstić information content (AvgIpc) is 2.50. The van der Waals surface area contributed by atoms with Crippen molar-refractivity contribution in [3.63, 3.8) is 0 Å². The molecular formula is C17H26O6S2. The molecule has 0 aromatic rings. The van der Waals surface area contributed by atoms with E-state index in [2.05, 4.69) is 13.2 Å². The van der Waals surface area contributed by atoms with Crippen LogP contribution in [0, 0.1) is 0 Å². The Morgan fingerprint density at radius 2 is 1.16 bits per heavy atom. The van der Waals surface area contributed by atoms with Gasteiger partial charge >= 0.3 is 17.9 Å². The molecule has 3 atom stereocenters. The lowest BCUT2D eigenvalue weighted by atomic mass is 10.1. The lowest BCUT2D eigenvalue weighted by Gasteiger charge is -2.31. The summed E-state index contributed by atoms with van der Waals surface area (Å²) < 4.78 is 16.0. The Labute approximate surface area is 157 Å². The molecule has 0 saturated heterocycles. The van der Waals surface area contributed by atoms with Gasteiger partial charge in [-0.3, -0.25) is 14.4 Å². The molecule has 0 radical (unpaired) electrons. The van der Waals surface area contributed by atoms with E-state index in [1.54, 1.807) is 12.2 Å². The first kappa shape index (κ1) is 23.6. The third-order valence-corrected chi connectivity index (χ3v) is 4.78. The first-order valence-corrected chi connectivity index (χ1v) is 10.0. The van der Waals surface area contributed by atoms with Crippen LogP contribution in [0.3, 0.4) is 0 Å². The van der Waals surface area contributed by atoms with Gasteiger partial charge in [0.15, 0.2) is 18.3 Å². The summed E-state index contributed by atoms with van der Waals surface area (Å²) in [5.74, 6) is 0.521. The molecule has 0 aliphatic rings. The Balaban J connectivity index is 5.40. The van der Waals surface area contributed by atoms with Crippen LogP contribution in [0.5, 0.6) is 0 Å². The molecule has 0 N–H and O–H groups in total. The molecule has 0 rings (SSSR count). The Morgan fingerprint density at radius 1 is 0.800 bits per heavy atom. The van der Waals surface area contributed by atoms with Gasteiger partial charge in [0, 0.05) is 43.8 Å². The Kier molecular flexibility index (Phi) is 13.1. The molecule has 0 aromatic carbocycles. The predicted molar refractivity (Wildman–Crippen MR) is 102 cm³/mol. The van der Waals surface area contributed by atoms with Crippen LogP contribution < -0.4 is 0 Å². The van der Waals surface area contributed by atoms with Crippen molar-refractivity contribution in [2.75, 3.05) is 23.0 Å². The molecule has 0 fully saturated rings. The van der Waals surface area contributed by atoms with Crippen molar-refractivity contribution in [2.45, 2.75) is 39.1 Å². The third-order valence-electron chi connectivity index (χ3n) is 2.71. The maximum absolute atomic E-state index is 11.5. The molecule has 0 aliphatic heterocycles. The minimum absolute atomic E-state index is 0.382. The number of carbonyl (C=O) groups excluding carboxylic acids is 3. The normalized spacial score (nSPS) is 13.9. The second-order valence-corrected chi connectivity index (χ2v) is 7.17. The van der Waals surface area contributed by atoms with Crippen molar-refractivity contribution in [1.82, 2.24) is 0 Å². The molecule has 142 valence electrons.